The average molecular weight is 875 g/mol. The van der Waals surface area contributed by atoms with Crippen LogP contribution in [0.1, 0.15) is 32.1 Å². The van der Waals surface area contributed by atoms with Crippen LogP contribution in [0, 0.1) is 0 Å². The second-order valence-electron chi connectivity index (χ2n) is 13.2. The topological polar surface area (TPSA) is 211 Å². The van der Waals surface area contributed by atoms with Gasteiger partial charge >= 0.3 is 18.0 Å². The first-order valence-corrected chi connectivity index (χ1v) is 22.2. The number of ketones is 1. The van der Waals surface area contributed by atoms with E-state index < -0.39 is 25.6 Å². The van der Waals surface area contributed by atoms with Gasteiger partial charge in [-0.3, -0.25) is 24.6 Å². The lowest BCUT2D eigenvalue weighted by atomic mass is 10.1. The van der Waals surface area contributed by atoms with Gasteiger partial charge in [-0.15, -0.1) is 0 Å². The summed E-state index contributed by atoms with van der Waals surface area (Å²) in [5.74, 6) is -0.935. The summed E-state index contributed by atoms with van der Waals surface area (Å²) in [5, 5.41) is 1.07. The van der Waals surface area contributed by atoms with Gasteiger partial charge in [0.05, 0.1) is 66.7 Å². The van der Waals surface area contributed by atoms with Crippen molar-refractivity contribution in [3.8, 4) is 0 Å². The van der Waals surface area contributed by atoms with Gasteiger partial charge in [0, 0.05) is 65.6 Å². The molecule has 2 N–H and O–H groups in total. The number of aromatic nitrogens is 2. The molecule has 0 aliphatic carbocycles. The Morgan fingerprint density at radius 3 is 1.34 bits per heavy atom. The number of anilines is 2. The third-order valence-corrected chi connectivity index (χ3v) is 12.9. The molecule has 2 aliphatic heterocycles. The highest BCUT2D eigenvalue weighted by Crippen LogP contribution is 2.24. The summed E-state index contributed by atoms with van der Waals surface area (Å²) >= 11 is 11.9. The maximum absolute atomic E-state index is 13.1. The van der Waals surface area contributed by atoms with Gasteiger partial charge < -0.3 is 20.3 Å². The summed E-state index contributed by atoms with van der Waals surface area (Å²) in [7, 11) is -4.92. The molecule has 16 nitrogen and oxygen atoms in total. The number of sulfone groups is 2. The Hall–Kier alpha value is -5.14. The average Bonchev–Trinajstić information content (AvgIpc) is 3.22. The molecule has 4 amide bonds. The number of carbonyl (C=O) groups excluding carboxylic acids is 4. The van der Waals surface area contributed by atoms with E-state index in [2.05, 4.69) is 14.7 Å². The van der Waals surface area contributed by atoms with Crippen LogP contribution in [0.25, 0.3) is 0 Å². The molecule has 0 bridgehead atoms. The van der Waals surface area contributed by atoms with Crippen molar-refractivity contribution in [3.05, 3.63) is 118 Å². The van der Waals surface area contributed by atoms with Crippen LogP contribution in [-0.2, 0) is 37.5 Å². The zero-order chi connectivity index (χ0) is 42.0. The molecule has 20 heteroatoms. The summed E-state index contributed by atoms with van der Waals surface area (Å²) in [4.78, 5) is 64.1. The van der Waals surface area contributed by atoms with Crippen molar-refractivity contribution < 1.29 is 40.8 Å². The van der Waals surface area contributed by atoms with Crippen LogP contribution < -0.4 is 15.5 Å². The molecule has 6 rings (SSSR count). The summed E-state index contributed by atoms with van der Waals surface area (Å²) in [6.45, 7) is 0.755. The number of hydrogen-bond acceptors (Lipinski definition) is 12. The van der Waals surface area contributed by atoms with E-state index in [4.69, 9.17) is 28.9 Å². The Morgan fingerprint density at radius 2 is 1.02 bits per heavy atom. The Kier molecular flexibility index (Phi) is 14.8. The van der Waals surface area contributed by atoms with E-state index in [0.717, 1.165) is 0 Å². The molecule has 308 valence electrons. The predicted octanol–water partition coefficient (Wildman–Crippen LogP) is 4.11. The van der Waals surface area contributed by atoms with Gasteiger partial charge in [-0.2, -0.15) is 0 Å². The van der Waals surface area contributed by atoms with Crippen molar-refractivity contribution in [2.45, 2.75) is 13.1 Å². The largest absolute Gasteiger partial charge is 0.465 e. The Bertz CT molecular complexity index is 2120. The summed E-state index contributed by atoms with van der Waals surface area (Å²) in [6, 6.07) is 19.4. The number of ether oxygens (including phenoxy) is 1. The number of amides is 4. The van der Waals surface area contributed by atoms with Gasteiger partial charge in [0.25, 0.3) is 0 Å². The number of hydrogen-bond donors (Lipinski definition) is 1. The van der Waals surface area contributed by atoms with Crippen molar-refractivity contribution in [2.75, 3.05) is 72.6 Å². The fourth-order valence-electron chi connectivity index (χ4n) is 5.81. The van der Waals surface area contributed by atoms with Crippen LogP contribution in [0.5, 0.6) is 0 Å². The second kappa shape index (κ2) is 19.5. The molecule has 0 saturated carbocycles. The number of urea groups is 2. The summed E-state index contributed by atoms with van der Waals surface area (Å²) in [6.07, 6.45) is 2.82. The highest BCUT2D eigenvalue weighted by molar-refractivity contribution is 7.91. The van der Waals surface area contributed by atoms with Gasteiger partial charge in [-0.25, -0.2) is 31.2 Å². The minimum absolute atomic E-state index is 0.0542. The van der Waals surface area contributed by atoms with Crippen molar-refractivity contribution >= 4 is 78.1 Å². The number of pyridine rings is 2. The molecule has 2 aromatic heterocycles. The number of nitrogens with two attached hydrogens (primary N) is 1. The lowest BCUT2D eigenvalue weighted by Crippen LogP contribution is -2.49. The van der Waals surface area contributed by atoms with Gasteiger partial charge in [0.15, 0.2) is 25.5 Å². The maximum atomic E-state index is 13.1. The molecule has 2 aliphatic rings. The lowest BCUT2D eigenvalue weighted by Gasteiger charge is -2.33. The van der Waals surface area contributed by atoms with Crippen LogP contribution in [0.15, 0.2) is 85.2 Å². The van der Waals surface area contributed by atoms with Crippen molar-refractivity contribution in [1.82, 2.24) is 19.8 Å². The number of nitrogens with zero attached hydrogens (tertiary/aromatic N) is 6. The standard InChI is InChI=1S/C19H21ClN4O4S.C19H20ClN3O5S/c20-15-2-5-17(6-3-15)24(19(26)23-7-9-29(27,28)10-8-23)13-16-4-1-14(12-22-16)18(25)11-21;1-28-18(24)14-2-5-16(21-12-14)13-23(17-6-3-15(20)4-7-17)19(25)22-8-10-29(26,27)11-9-22/h1-6,12H,7-11,13,21H2;2-7,12H,8-11,13H2,1H3. The molecule has 2 aromatic carbocycles. The first kappa shape index (κ1) is 44.0. The zero-order valence-corrected chi connectivity index (χ0v) is 34.5. The van der Waals surface area contributed by atoms with Crippen molar-refractivity contribution in [3.63, 3.8) is 0 Å². The van der Waals surface area contributed by atoms with Gasteiger partial charge in [0.2, 0.25) is 0 Å². The molecule has 58 heavy (non-hydrogen) atoms. The maximum Gasteiger partial charge on any atom is 0.339 e. The third kappa shape index (κ3) is 12.0. The van der Waals surface area contributed by atoms with Crippen LogP contribution in [0.3, 0.4) is 0 Å². The van der Waals surface area contributed by atoms with Crippen LogP contribution in [0.2, 0.25) is 10.0 Å². The van der Waals surface area contributed by atoms with Crippen LogP contribution in [0.4, 0.5) is 21.0 Å². The molecule has 0 radical (unpaired) electrons. The first-order valence-electron chi connectivity index (χ1n) is 17.8. The second-order valence-corrected chi connectivity index (χ2v) is 18.6. The number of rotatable bonds is 9. The summed E-state index contributed by atoms with van der Waals surface area (Å²) in [5.41, 5.74) is 8.42. The Balaban J connectivity index is 0.000000221. The number of esters is 1. The van der Waals surface area contributed by atoms with Crippen molar-refractivity contribution in [1.29, 1.82) is 0 Å². The molecule has 2 saturated heterocycles. The van der Waals surface area contributed by atoms with E-state index in [1.165, 1.54) is 39.1 Å². The van der Waals surface area contributed by atoms with E-state index in [1.54, 1.807) is 72.8 Å². The van der Waals surface area contributed by atoms with E-state index >= 15 is 0 Å². The normalized spacial score (nSPS) is 15.7. The highest BCUT2D eigenvalue weighted by atomic mass is 35.5. The highest BCUT2D eigenvalue weighted by Gasteiger charge is 2.31. The molecule has 4 heterocycles. The molecule has 2 fully saturated rings. The fourth-order valence-corrected chi connectivity index (χ4v) is 8.47. The third-order valence-electron chi connectivity index (χ3n) is 9.19. The van der Waals surface area contributed by atoms with Gasteiger partial charge in [0.1, 0.15) is 0 Å². The number of halogens is 2. The fraction of sp³-hybridized carbons (Fsp3) is 0.316. The number of Topliss-reactive ketones (excluding diaryl/α,β-unsaturated/α-hetero) is 1. The zero-order valence-electron chi connectivity index (χ0n) is 31.4. The SMILES string of the molecule is COC(=O)c1ccc(CN(C(=O)N2CCS(=O)(=O)CC2)c2ccc(Cl)cc2)nc1.NCC(=O)c1ccc(CN(C(=O)N2CCS(=O)(=O)CC2)c2ccc(Cl)cc2)nc1. The monoisotopic (exact) mass is 873 g/mol. The van der Waals surface area contributed by atoms with Gasteiger partial charge in [-0.05, 0) is 72.8 Å². The lowest BCUT2D eigenvalue weighted by molar-refractivity contribution is 0.0600. The Morgan fingerprint density at radius 1 is 0.638 bits per heavy atom. The van der Waals surface area contributed by atoms with Crippen LogP contribution in [-0.4, -0.2) is 123 Å². The van der Waals surface area contributed by atoms with E-state index in [-0.39, 0.29) is 86.7 Å². The molecule has 0 spiro atoms. The molecule has 0 unspecified atom stereocenters. The van der Waals surface area contributed by atoms with E-state index in [9.17, 15) is 36.0 Å². The first-order chi connectivity index (χ1) is 27.6. The number of methoxy groups -OCH3 is 1. The summed E-state index contributed by atoms with van der Waals surface area (Å²) < 4.78 is 51.4. The van der Waals surface area contributed by atoms with E-state index in [0.29, 0.717) is 43.9 Å². The number of carbonyl (C=O) groups is 4. The minimum atomic E-state index is -3.11. The van der Waals surface area contributed by atoms with Crippen molar-refractivity contribution in [2.24, 2.45) is 5.73 Å². The minimum Gasteiger partial charge on any atom is -0.465 e. The Labute approximate surface area is 346 Å². The molecular formula is C38H41Cl2N7O9S2. The molecular weight excluding hydrogens is 833 g/mol. The quantitative estimate of drug-likeness (QED) is 0.186. The smallest absolute Gasteiger partial charge is 0.339 e. The molecule has 4 aromatic rings. The number of benzene rings is 2. The van der Waals surface area contributed by atoms with Crippen LogP contribution >= 0.6 is 23.2 Å². The predicted molar refractivity (Wildman–Crippen MR) is 220 cm³/mol. The van der Waals surface area contributed by atoms with Gasteiger partial charge in [-0.1, -0.05) is 23.2 Å². The molecule has 0 atom stereocenters. The van der Waals surface area contributed by atoms with E-state index in [1.807, 2.05) is 0 Å².